The van der Waals surface area contributed by atoms with Crippen LogP contribution in [0.1, 0.15) is 41.1 Å². The predicted molar refractivity (Wildman–Crippen MR) is 93.3 cm³/mol. The average Bonchev–Trinajstić information content (AvgIpc) is 3.04. The van der Waals surface area contributed by atoms with Crippen LogP contribution in [-0.4, -0.2) is 17.5 Å². The first-order valence-corrected chi connectivity index (χ1v) is 8.30. The summed E-state index contributed by atoms with van der Waals surface area (Å²) in [7, 11) is 0. The minimum atomic E-state index is 0.0383. The van der Waals surface area contributed by atoms with Gasteiger partial charge in [0, 0.05) is 13.1 Å². The number of nitrogens with one attached hydrogen (secondary N) is 1. The Morgan fingerprint density at radius 2 is 1.87 bits per heavy atom. The van der Waals surface area contributed by atoms with E-state index in [0.717, 1.165) is 24.9 Å². The van der Waals surface area contributed by atoms with Gasteiger partial charge in [0.15, 0.2) is 0 Å². The lowest BCUT2D eigenvalue weighted by atomic mass is 9.99. The number of amides is 2. The van der Waals surface area contributed by atoms with Crippen molar-refractivity contribution in [2.45, 2.75) is 39.3 Å². The monoisotopic (exact) mass is 308 g/mol. The molecule has 1 heterocycles. The molecule has 23 heavy (non-hydrogen) atoms. The van der Waals surface area contributed by atoms with Crippen molar-refractivity contribution in [1.82, 2.24) is 10.2 Å². The Morgan fingerprint density at radius 1 is 1.13 bits per heavy atom. The molecule has 2 amide bonds. The molecule has 0 aliphatic carbocycles. The summed E-state index contributed by atoms with van der Waals surface area (Å²) in [4.78, 5) is 14.6. The van der Waals surface area contributed by atoms with Gasteiger partial charge < -0.3 is 10.2 Å². The van der Waals surface area contributed by atoms with Crippen LogP contribution < -0.4 is 5.32 Å². The van der Waals surface area contributed by atoms with Crippen molar-refractivity contribution in [3.8, 4) is 0 Å². The van der Waals surface area contributed by atoms with Crippen LogP contribution in [0.5, 0.6) is 0 Å². The average molecular weight is 308 g/mol. The minimum absolute atomic E-state index is 0.0383. The van der Waals surface area contributed by atoms with Crippen LogP contribution >= 0.6 is 0 Å². The maximum Gasteiger partial charge on any atom is 0.318 e. The molecule has 3 rings (SSSR count). The fourth-order valence-corrected chi connectivity index (χ4v) is 3.28. The van der Waals surface area contributed by atoms with Crippen molar-refractivity contribution in [3.05, 3.63) is 70.8 Å². The Labute approximate surface area is 138 Å². The molecule has 120 valence electrons. The summed E-state index contributed by atoms with van der Waals surface area (Å²) < 4.78 is 0. The molecule has 1 aliphatic heterocycles. The SMILES string of the molecule is Cc1ccc(CNC(=O)N2CCCC2c2ccccc2C)cc1. The van der Waals surface area contributed by atoms with E-state index in [2.05, 4.69) is 67.7 Å². The summed E-state index contributed by atoms with van der Waals surface area (Å²) in [6.45, 7) is 5.60. The van der Waals surface area contributed by atoms with Crippen LogP contribution in [0.2, 0.25) is 0 Å². The number of hydrogen-bond donors (Lipinski definition) is 1. The predicted octanol–water partition coefficient (Wildman–Crippen LogP) is 4.35. The third-order valence-corrected chi connectivity index (χ3v) is 4.63. The van der Waals surface area contributed by atoms with E-state index in [4.69, 9.17) is 0 Å². The van der Waals surface area contributed by atoms with E-state index in [1.165, 1.54) is 16.7 Å². The highest BCUT2D eigenvalue weighted by Gasteiger charge is 2.30. The largest absolute Gasteiger partial charge is 0.334 e. The third-order valence-electron chi connectivity index (χ3n) is 4.63. The molecule has 0 radical (unpaired) electrons. The van der Waals surface area contributed by atoms with Gasteiger partial charge in [-0.25, -0.2) is 4.79 Å². The summed E-state index contributed by atoms with van der Waals surface area (Å²) in [5.74, 6) is 0. The molecule has 0 saturated carbocycles. The van der Waals surface area contributed by atoms with Gasteiger partial charge in [-0.2, -0.15) is 0 Å². The first-order chi connectivity index (χ1) is 11.1. The van der Waals surface area contributed by atoms with Gasteiger partial charge in [-0.15, -0.1) is 0 Å². The highest BCUT2D eigenvalue weighted by Crippen LogP contribution is 2.33. The minimum Gasteiger partial charge on any atom is -0.334 e. The molecule has 1 N–H and O–H groups in total. The first kappa shape index (κ1) is 15.6. The Morgan fingerprint density at radius 3 is 2.61 bits per heavy atom. The zero-order valence-corrected chi connectivity index (χ0v) is 13.9. The van der Waals surface area contributed by atoms with Crippen molar-refractivity contribution in [2.75, 3.05) is 6.54 Å². The molecule has 0 aromatic heterocycles. The van der Waals surface area contributed by atoms with Crippen molar-refractivity contribution < 1.29 is 4.79 Å². The van der Waals surface area contributed by atoms with Crippen molar-refractivity contribution in [1.29, 1.82) is 0 Å². The number of urea groups is 1. The molecule has 3 heteroatoms. The zero-order chi connectivity index (χ0) is 16.2. The van der Waals surface area contributed by atoms with Gasteiger partial charge in [-0.05, 0) is 43.4 Å². The molecule has 0 bridgehead atoms. The van der Waals surface area contributed by atoms with E-state index in [1.807, 2.05) is 4.90 Å². The van der Waals surface area contributed by atoms with Gasteiger partial charge in [0.2, 0.25) is 0 Å². The molecule has 1 saturated heterocycles. The number of carbonyl (C=O) groups is 1. The lowest BCUT2D eigenvalue weighted by Crippen LogP contribution is -2.39. The van der Waals surface area contributed by atoms with Gasteiger partial charge in [0.05, 0.1) is 6.04 Å². The lowest BCUT2D eigenvalue weighted by molar-refractivity contribution is 0.192. The summed E-state index contributed by atoms with van der Waals surface area (Å²) in [6, 6.07) is 16.9. The number of carbonyl (C=O) groups excluding carboxylic acids is 1. The van der Waals surface area contributed by atoms with E-state index in [-0.39, 0.29) is 12.1 Å². The Hall–Kier alpha value is -2.29. The molecular formula is C20H24N2O. The number of benzene rings is 2. The number of aryl methyl sites for hydroxylation is 2. The third kappa shape index (κ3) is 3.55. The summed E-state index contributed by atoms with van der Waals surface area (Å²) >= 11 is 0. The van der Waals surface area contributed by atoms with E-state index < -0.39 is 0 Å². The van der Waals surface area contributed by atoms with Gasteiger partial charge in [0.1, 0.15) is 0 Å². The number of likely N-dealkylation sites (tertiary alicyclic amines) is 1. The van der Waals surface area contributed by atoms with E-state index in [9.17, 15) is 4.79 Å². The first-order valence-electron chi connectivity index (χ1n) is 8.30. The molecule has 2 aromatic carbocycles. The smallest absolute Gasteiger partial charge is 0.318 e. The lowest BCUT2D eigenvalue weighted by Gasteiger charge is -2.26. The van der Waals surface area contributed by atoms with E-state index in [0.29, 0.717) is 6.54 Å². The highest BCUT2D eigenvalue weighted by atomic mass is 16.2. The molecule has 1 fully saturated rings. The summed E-state index contributed by atoms with van der Waals surface area (Å²) in [5.41, 5.74) is 4.90. The maximum absolute atomic E-state index is 12.6. The molecule has 1 unspecified atom stereocenters. The second-order valence-corrected chi connectivity index (χ2v) is 6.35. The molecule has 1 atom stereocenters. The number of hydrogen-bond acceptors (Lipinski definition) is 1. The maximum atomic E-state index is 12.6. The second kappa shape index (κ2) is 6.86. The van der Waals surface area contributed by atoms with Crippen LogP contribution in [0.25, 0.3) is 0 Å². The fraction of sp³-hybridized carbons (Fsp3) is 0.350. The van der Waals surface area contributed by atoms with Crippen LogP contribution in [0.4, 0.5) is 4.79 Å². The fourth-order valence-electron chi connectivity index (χ4n) is 3.28. The van der Waals surface area contributed by atoms with Crippen LogP contribution in [0.15, 0.2) is 48.5 Å². The van der Waals surface area contributed by atoms with Gasteiger partial charge in [-0.1, -0.05) is 54.1 Å². The van der Waals surface area contributed by atoms with E-state index in [1.54, 1.807) is 0 Å². The molecule has 3 nitrogen and oxygen atoms in total. The quantitative estimate of drug-likeness (QED) is 0.898. The Kier molecular flexibility index (Phi) is 4.65. The second-order valence-electron chi connectivity index (χ2n) is 6.35. The molecule has 0 spiro atoms. The standard InChI is InChI=1S/C20H24N2O/c1-15-9-11-17(12-10-15)14-21-20(23)22-13-5-8-19(22)18-7-4-3-6-16(18)2/h3-4,6-7,9-12,19H,5,8,13-14H2,1-2H3,(H,21,23). The van der Waals surface area contributed by atoms with Crippen molar-refractivity contribution in [3.63, 3.8) is 0 Å². The van der Waals surface area contributed by atoms with Crippen molar-refractivity contribution in [2.24, 2.45) is 0 Å². The Balaban J connectivity index is 1.66. The highest BCUT2D eigenvalue weighted by molar-refractivity contribution is 5.75. The molecule has 2 aromatic rings. The van der Waals surface area contributed by atoms with Crippen LogP contribution in [0, 0.1) is 13.8 Å². The van der Waals surface area contributed by atoms with Crippen LogP contribution in [0.3, 0.4) is 0 Å². The summed E-state index contributed by atoms with van der Waals surface area (Å²) in [6.07, 6.45) is 2.11. The van der Waals surface area contributed by atoms with Crippen LogP contribution in [-0.2, 0) is 6.54 Å². The topological polar surface area (TPSA) is 32.3 Å². The summed E-state index contributed by atoms with van der Waals surface area (Å²) in [5, 5.41) is 3.07. The zero-order valence-electron chi connectivity index (χ0n) is 13.9. The number of rotatable bonds is 3. The normalized spacial score (nSPS) is 17.3. The molecule has 1 aliphatic rings. The van der Waals surface area contributed by atoms with Gasteiger partial charge in [0.25, 0.3) is 0 Å². The Bertz CT molecular complexity index is 678. The van der Waals surface area contributed by atoms with Gasteiger partial charge in [-0.3, -0.25) is 0 Å². The van der Waals surface area contributed by atoms with Gasteiger partial charge >= 0.3 is 6.03 Å². The van der Waals surface area contributed by atoms with Crippen molar-refractivity contribution >= 4 is 6.03 Å². The van der Waals surface area contributed by atoms with E-state index >= 15 is 0 Å². The molecular weight excluding hydrogens is 284 g/mol. The number of nitrogens with zero attached hydrogens (tertiary/aromatic N) is 1.